The summed E-state index contributed by atoms with van der Waals surface area (Å²) in [5.74, 6) is -3.35. The molecule has 9 atom stereocenters. The molecule has 2 saturated carbocycles. The van der Waals surface area contributed by atoms with Crippen LogP contribution in [0, 0.1) is 22.7 Å². The molecule has 9 heteroatoms. The molecular formula is C23H32O9. The van der Waals surface area contributed by atoms with Crippen molar-refractivity contribution in [3.8, 4) is 0 Å². The van der Waals surface area contributed by atoms with Gasteiger partial charge in [-0.2, -0.15) is 0 Å². The smallest absolute Gasteiger partial charge is 0.313 e. The summed E-state index contributed by atoms with van der Waals surface area (Å²) in [5, 5.41) is 46.0. The molecule has 0 spiro atoms. The molecule has 4 N–H and O–H groups in total. The lowest BCUT2D eigenvalue weighted by molar-refractivity contribution is -0.351. The standard InChI is InChI=1S/C23H32O9/c1-10(24)32-19-17(26)16-12(8-14-11(6-7-31-14)15(16)20(28)30-5)22(4)18(27)13(25)9-21(2,3)23(19,22)29/h6-7,12-13,15-19,25-27,29H,8-9H2,1-5H3/t12?,13-,15+,16?,17+,18-,19-,22-,23+/m0/s1. The van der Waals surface area contributed by atoms with Crippen LogP contribution in [0.15, 0.2) is 16.7 Å². The Morgan fingerprint density at radius 1 is 1.19 bits per heavy atom. The maximum atomic E-state index is 12.9. The van der Waals surface area contributed by atoms with E-state index in [1.165, 1.54) is 20.3 Å². The molecule has 32 heavy (non-hydrogen) atoms. The normalized spacial score (nSPS) is 44.6. The summed E-state index contributed by atoms with van der Waals surface area (Å²) >= 11 is 0. The number of hydrogen-bond donors (Lipinski definition) is 4. The van der Waals surface area contributed by atoms with E-state index in [-0.39, 0.29) is 12.8 Å². The summed E-state index contributed by atoms with van der Waals surface area (Å²) in [6, 6.07) is 1.64. The first-order valence-electron chi connectivity index (χ1n) is 10.9. The van der Waals surface area contributed by atoms with Crippen LogP contribution in [0.4, 0.5) is 0 Å². The number of esters is 2. The number of carbonyl (C=O) groups is 2. The molecule has 4 rings (SSSR count). The Morgan fingerprint density at radius 3 is 2.44 bits per heavy atom. The highest BCUT2D eigenvalue weighted by molar-refractivity contribution is 5.79. The Bertz CT molecular complexity index is 922. The molecule has 9 nitrogen and oxygen atoms in total. The third-order valence-corrected chi connectivity index (χ3v) is 8.56. The van der Waals surface area contributed by atoms with Gasteiger partial charge in [-0.25, -0.2) is 0 Å². The van der Waals surface area contributed by atoms with Crippen LogP contribution in [0.3, 0.4) is 0 Å². The molecule has 2 fully saturated rings. The van der Waals surface area contributed by atoms with Gasteiger partial charge in [0.15, 0.2) is 6.10 Å². The molecule has 0 aromatic carbocycles. The Labute approximate surface area is 186 Å². The number of fused-ring (bicyclic) bond motifs is 4. The van der Waals surface area contributed by atoms with Crippen molar-refractivity contribution < 1.29 is 43.9 Å². The van der Waals surface area contributed by atoms with Crippen molar-refractivity contribution in [2.75, 3.05) is 7.11 Å². The first kappa shape index (κ1) is 23.2. The number of furan rings is 1. The zero-order chi connectivity index (χ0) is 23.8. The lowest BCUT2D eigenvalue weighted by Crippen LogP contribution is -2.81. The van der Waals surface area contributed by atoms with Crippen molar-refractivity contribution in [3.05, 3.63) is 23.7 Å². The van der Waals surface area contributed by atoms with Gasteiger partial charge in [-0.3, -0.25) is 9.59 Å². The van der Waals surface area contributed by atoms with E-state index in [0.29, 0.717) is 11.3 Å². The van der Waals surface area contributed by atoms with Gasteiger partial charge < -0.3 is 34.3 Å². The summed E-state index contributed by atoms with van der Waals surface area (Å²) in [6.07, 6.45) is -3.78. The van der Waals surface area contributed by atoms with E-state index in [2.05, 4.69) is 0 Å². The Morgan fingerprint density at radius 2 is 1.84 bits per heavy atom. The summed E-state index contributed by atoms with van der Waals surface area (Å²) in [4.78, 5) is 25.0. The number of methoxy groups -OCH3 is 1. The Kier molecular flexibility index (Phi) is 5.28. The van der Waals surface area contributed by atoms with Crippen LogP contribution in [0.5, 0.6) is 0 Å². The zero-order valence-corrected chi connectivity index (χ0v) is 18.9. The van der Waals surface area contributed by atoms with Crippen LogP contribution in [-0.4, -0.2) is 69.5 Å². The maximum Gasteiger partial charge on any atom is 0.313 e. The summed E-state index contributed by atoms with van der Waals surface area (Å²) < 4.78 is 16.2. The number of carbonyl (C=O) groups excluding carboxylic acids is 2. The minimum Gasteiger partial charge on any atom is -0.469 e. The molecule has 178 valence electrons. The molecule has 2 unspecified atom stereocenters. The van der Waals surface area contributed by atoms with Crippen molar-refractivity contribution in [3.63, 3.8) is 0 Å². The van der Waals surface area contributed by atoms with Crippen LogP contribution in [0.25, 0.3) is 0 Å². The van der Waals surface area contributed by atoms with Gasteiger partial charge >= 0.3 is 11.9 Å². The highest BCUT2D eigenvalue weighted by Gasteiger charge is 2.77. The largest absolute Gasteiger partial charge is 0.469 e. The second kappa shape index (κ2) is 7.28. The zero-order valence-electron chi connectivity index (χ0n) is 18.9. The minimum absolute atomic E-state index is 0.0224. The third kappa shape index (κ3) is 2.71. The van der Waals surface area contributed by atoms with Crippen molar-refractivity contribution in [2.24, 2.45) is 22.7 Å². The predicted octanol–water partition coefficient (Wildman–Crippen LogP) is 0.520. The molecule has 3 aliphatic rings. The number of aliphatic hydroxyl groups is 4. The van der Waals surface area contributed by atoms with Gasteiger partial charge in [-0.05, 0) is 18.4 Å². The van der Waals surface area contributed by atoms with Crippen LogP contribution in [0.2, 0.25) is 0 Å². The Hall–Kier alpha value is -1.94. The van der Waals surface area contributed by atoms with Gasteiger partial charge in [0, 0.05) is 35.7 Å². The van der Waals surface area contributed by atoms with E-state index < -0.39 is 70.5 Å². The van der Waals surface area contributed by atoms with E-state index in [9.17, 15) is 30.0 Å². The number of ether oxygens (including phenoxy) is 2. The molecule has 0 saturated heterocycles. The molecule has 1 heterocycles. The number of aliphatic hydroxyl groups excluding tert-OH is 3. The monoisotopic (exact) mass is 452 g/mol. The molecule has 0 aliphatic heterocycles. The minimum atomic E-state index is -1.92. The number of hydrogen-bond acceptors (Lipinski definition) is 9. The number of rotatable bonds is 2. The van der Waals surface area contributed by atoms with Crippen molar-refractivity contribution in [2.45, 2.75) is 76.5 Å². The average molecular weight is 453 g/mol. The molecule has 1 aromatic rings. The average Bonchev–Trinajstić information content (AvgIpc) is 3.19. The van der Waals surface area contributed by atoms with Crippen molar-refractivity contribution >= 4 is 11.9 Å². The second-order valence-electron chi connectivity index (χ2n) is 10.4. The highest BCUT2D eigenvalue weighted by Crippen LogP contribution is 2.67. The lowest BCUT2D eigenvalue weighted by Gasteiger charge is -2.70. The molecule has 0 amide bonds. The molecule has 1 aromatic heterocycles. The third-order valence-electron chi connectivity index (χ3n) is 8.56. The second-order valence-corrected chi connectivity index (χ2v) is 10.4. The van der Waals surface area contributed by atoms with Crippen LogP contribution < -0.4 is 0 Å². The highest BCUT2D eigenvalue weighted by atomic mass is 16.6. The first-order valence-corrected chi connectivity index (χ1v) is 10.9. The lowest BCUT2D eigenvalue weighted by atomic mass is 9.38. The Balaban J connectivity index is 2.00. The van der Waals surface area contributed by atoms with E-state index in [1.807, 2.05) is 0 Å². The fraction of sp³-hybridized carbons (Fsp3) is 0.739. The molecule has 0 bridgehead atoms. The van der Waals surface area contributed by atoms with Gasteiger partial charge in [0.1, 0.15) is 11.4 Å². The SMILES string of the molecule is COC(=O)[C@@H]1c2ccoc2CC2C1[C@@H](O)[C@H](OC(C)=O)[C@@]1(O)C(C)(C)C[C@H](O)[C@H](O)[C@]21C. The van der Waals surface area contributed by atoms with Crippen molar-refractivity contribution in [1.82, 2.24) is 0 Å². The van der Waals surface area contributed by atoms with Gasteiger partial charge in [-0.1, -0.05) is 20.8 Å². The van der Waals surface area contributed by atoms with Crippen LogP contribution in [0.1, 0.15) is 51.4 Å². The van der Waals surface area contributed by atoms with Gasteiger partial charge in [0.2, 0.25) is 0 Å². The van der Waals surface area contributed by atoms with Gasteiger partial charge in [0.25, 0.3) is 0 Å². The first-order chi connectivity index (χ1) is 14.8. The summed E-state index contributed by atoms with van der Waals surface area (Å²) in [5.41, 5.74) is -3.89. The fourth-order valence-electron chi connectivity index (χ4n) is 7.15. The summed E-state index contributed by atoms with van der Waals surface area (Å²) in [6.45, 7) is 6.23. The van der Waals surface area contributed by atoms with Crippen LogP contribution >= 0.6 is 0 Å². The van der Waals surface area contributed by atoms with E-state index in [1.54, 1.807) is 26.8 Å². The van der Waals surface area contributed by atoms with E-state index in [0.717, 1.165) is 0 Å². The van der Waals surface area contributed by atoms with Gasteiger partial charge in [0.05, 0.1) is 37.6 Å². The molecule has 0 radical (unpaired) electrons. The quantitative estimate of drug-likeness (QED) is 0.472. The van der Waals surface area contributed by atoms with E-state index in [4.69, 9.17) is 13.9 Å². The molecular weight excluding hydrogens is 420 g/mol. The van der Waals surface area contributed by atoms with Crippen molar-refractivity contribution in [1.29, 1.82) is 0 Å². The fourth-order valence-corrected chi connectivity index (χ4v) is 7.15. The van der Waals surface area contributed by atoms with Gasteiger partial charge in [-0.15, -0.1) is 0 Å². The summed E-state index contributed by atoms with van der Waals surface area (Å²) in [7, 11) is 1.24. The molecule has 3 aliphatic carbocycles. The predicted molar refractivity (Wildman–Crippen MR) is 109 cm³/mol. The van der Waals surface area contributed by atoms with Crippen LogP contribution in [-0.2, 0) is 25.5 Å². The maximum absolute atomic E-state index is 12.9. The topological polar surface area (TPSA) is 147 Å². The van der Waals surface area contributed by atoms with E-state index >= 15 is 0 Å².